The number of aromatic nitrogens is 1. The third-order valence-corrected chi connectivity index (χ3v) is 4.51. The molecular weight excluding hydrogens is 330 g/mol. The van der Waals surface area contributed by atoms with E-state index in [-0.39, 0.29) is 11.3 Å². The molecule has 3 aromatic rings. The van der Waals surface area contributed by atoms with Crippen LogP contribution >= 0.6 is 15.9 Å². The number of hydrogen-bond acceptors (Lipinski definition) is 2. The summed E-state index contributed by atoms with van der Waals surface area (Å²) in [4.78, 5) is 25.3. The number of nitrogens with zero attached hydrogens (tertiary/aromatic N) is 1. The smallest absolute Gasteiger partial charge is 0.258 e. The molecule has 1 aliphatic rings. The highest BCUT2D eigenvalue weighted by Gasteiger charge is 2.31. The van der Waals surface area contributed by atoms with Crippen LogP contribution in [0.4, 0.5) is 0 Å². The number of fused-ring (bicyclic) bond motifs is 5. The van der Waals surface area contributed by atoms with Crippen LogP contribution in [0.5, 0.6) is 0 Å². The van der Waals surface area contributed by atoms with Gasteiger partial charge in [-0.15, -0.1) is 0 Å². The average molecular weight is 340 g/mol. The quantitative estimate of drug-likeness (QED) is 0.491. The van der Waals surface area contributed by atoms with E-state index in [9.17, 15) is 9.59 Å². The molecule has 1 heterocycles. The van der Waals surface area contributed by atoms with Crippen molar-refractivity contribution in [2.75, 3.05) is 0 Å². The van der Waals surface area contributed by atoms with Gasteiger partial charge in [-0.1, -0.05) is 40.2 Å². The zero-order valence-corrected chi connectivity index (χ0v) is 12.8. The maximum Gasteiger partial charge on any atom is 0.258 e. The second-order valence-corrected chi connectivity index (χ2v) is 6.07. The van der Waals surface area contributed by atoms with Crippen LogP contribution in [-0.4, -0.2) is 10.4 Å². The first-order valence-corrected chi connectivity index (χ1v) is 7.35. The van der Waals surface area contributed by atoms with Crippen molar-refractivity contribution in [3.05, 3.63) is 68.4 Å². The topological polar surface area (TPSA) is 39.1 Å². The van der Waals surface area contributed by atoms with Crippen LogP contribution in [0.3, 0.4) is 0 Å². The number of carbonyl (C=O) groups is 1. The second-order valence-electron chi connectivity index (χ2n) is 5.15. The van der Waals surface area contributed by atoms with E-state index in [4.69, 9.17) is 0 Å². The van der Waals surface area contributed by atoms with Gasteiger partial charge in [0.1, 0.15) is 0 Å². The third kappa shape index (κ3) is 1.54. The minimum absolute atomic E-state index is 0.0203. The Morgan fingerprint density at radius 2 is 1.67 bits per heavy atom. The Bertz CT molecular complexity index is 1000. The van der Waals surface area contributed by atoms with Crippen molar-refractivity contribution in [3.8, 4) is 11.3 Å². The van der Waals surface area contributed by atoms with Gasteiger partial charge >= 0.3 is 0 Å². The van der Waals surface area contributed by atoms with E-state index in [0.29, 0.717) is 22.2 Å². The lowest BCUT2D eigenvalue weighted by molar-refractivity contribution is 0.104. The maximum absolute atomic E-state index is 12.8. The zero-order chi connectivity index (χ0) is 14.7. The molecule has 0 saturated heterocycles. The maximum atomic E-state index is 12.8. The number of ketones is 1. The van der Waals surface area contributed by atoms with Gasteiger partial charge in [0.15, 0.2) is 5.78 Å². The molecule has 0 saturated carbocycles. The summed E-state index contributed by atoms with van der Waals surface area (Å²) in [6.07, 6.45) is 0. The van der Waals surface area contributed by atoms with Gasteiger partial charge in [0.2, 0.25) is 0 Å². The minimum Gasteiger partial charge on any atom is -0.310 e. The van der Waals surface area contributed by atoms with Crippen LogP contribution in [0, 0.1) is 0 Å². The Hall–Kier alpha value is -2.20. The number of halogens is 1. The highest BCUT2D eigenvalue weighted by atomic mass is 79.9. The van der Waals surface area contributed by atoms with Gasteiger partial charge in [0, 0.05) is 33.4 Å². The summed E-state index contributed by atoms with van der Waals surface area (Å²) < 4.78 is 2.44. The van der Waals surface area contributed by atoms with Crippen LogP contribution in [0.2, 0.25) is 0 Å². The number of benzene rings is 2. The molecule has 0 atom stereocenters. The molecule has 4 heteroatoms. The van der Waals surface area contributed by atoms with Gasteiger partial charge in [0.25, 0.3) is 5.56 Å². The van der Waals surface area contributed by atoms with Gasteiger partial charge in [-0.05, 0) is 18.2 Å². The molecule has 102 valence electrons. The number of rotatable bonds is 0. The number of hydrogen-bond donors (Lipinski definition) is 0. The van der Waals surface area contributed by atoms with Crippen molar-refractivity contribution in [2.24, 2.45) is 7.05 Å². The van der Waals surface area contributed by atoms with E-state index >= 15 is 0 Å². The lowest BCUT2D eigenvalue weighted by Crippen LogP contribution is -2.19. The summed E-state index contributed by atoms with van der Waals surface area (Å²) >= 11 is 3.40. The monoisotopic (exact) mass is 339 g/mol. The van der Waals surface area contributed by atoms with Crippen molar-refractivity contribution in [2.45, 2.75) is 0 Å². The van der Waals surface area contributed by atoms with Gasteiger partial charge in [0.05, 0.1) is 11.3 Å². The molecule has 0 amide bonds. The molecule has 3 nitrogen and oxygen atoms in total. The second kappa shape index (κ2) is 4.15. The SMILES string of the molecule is Cn1c2c(c3ccccc3c1=O)C(=O)c1cc(Br)ccc1-2. The van der Waals surface area contributed by atoms with Crippen LogP contribution in [0.25, 0.3) is 22.0 Å². The van der Waals surface area contributed by atoms with Crippen LogP contribution in [0.15, 0.2) is 51.7 Å². The standard InChI is InChI=1S/C17H10BrNO2/c1-19-15-11-7-6-9(18)8-13(11)16(20)14(15)10-4-2-3-5-12(10)17(19)21/h2-8H,1H3. The van der Waals surface area contributed by atoms with Gasteiger partial charge < -0.3 is 4.57 Å². The van der Waals surface area contributed by atoms with E-state index < -0.39 is 0 Å². The Kier molecular flexibility index (Phi) is 2.48. The lowest BCUT2D eigenvalue weighted by atomic mass is 10.0. The van der Waals surface area contributed by atoms with E-state index in [1.54, 1.807) is 17.7 Å². The number of pyridine rings is 1. The summed E-state index contributed by atoms with van der Waals surface area (Å²) in [6.45, 7) is 0. The highest BCUT2D eigenvalue weighted by Crippen LogP contribution is 2.39. The van der Waals surface area contributed by atoms with Crippen molar-refractivity contribution >= 4 is 32.5 Å². The molecule has 0 radical (unpaired) electrons. The molecule has 4 rings (SSSR count). The fourth-order valence-electron chi connectivity index (χ4n) is 3.06. The largest absolute Gasteiger partial charge is 0.310 e. The molecule has 0 unspecified atom stereocenters. The van der Waals surface area contributed by atoms with Crippen LogP contribution in [0.1, 0.15) is 15.9 Å². The minimum atomic E-state index is -0.0760. The lowest BCUT2D eigenvalue weighted by Gasteiger charge is -2.10. The molecule has 0 bridgehead atoms. The average Bonchev–Trinajstić information content (AvgIpc) is 2.78. The Labute approximate surface area is 129 Å². The first kappa shape index (κ1) is 12.5. The molecule has 1 aromatic heterocycles. The predicted molar refractivity (Wildman–Crippen MR) is 85.8 cm³/mol. The van der Waals surface area contributed by atoms with Gasteiger partial charge in [-0.3, -0.25) is 9.59 Å². The van der Waals surface area contributed by atoms with Gasteiger partial charge in [-0.2, -0.15) is 0 Å². The van der Waals surface area contributed by atoms with E-state index in [1.807, 2.05) is 36.4 Å². The summed E-state index contributed by atoms with van der Waals surface area (Å²) in [7, 11) is 1.72. The molecule has 0 N–H and O–H groups in total. The summed E-state index contributed by atoms with van der Waals surface area (Å²) in [5.41, 5.74) is 2.73. The first-order valence-electron chi connectivity index (χ1n) is 6.56. The molecule has 21 heavy (non-hydrogen) atoms. The van der Waals surface area contributed by atoms with Crippen LogP contribution < -0.4 is 5.56 Å². The molecular formula is C17H10BrNO2. The van der Waals surface area contributed by atoms with Crippen LogP contribution in [-0.2, 0) is 7.05 Å². The Morgan fingerprint density at radius 3 is 2.43 bits per heavy atom. The Balaban J connectivity index is 2.26. The Morgan fingerprint density at radius 1 is 0.952 bits per heavy atom. The molecule has 0 spiro atoms. The zero-order valence-electron chi connectivity index (χ0n) is 11.2. The van der Waals surface area contributed by atoms with Crippen molar-refractivity contribution < 1.29 is 4.79 Å². The normalized spacial score (nSPS) is 12.6. The number of carbonyl (C=O) groups excluding carboxylic acids is 1. The molecule has 0 fully saturated rings. The highest BCUT2D eigenvalue weighted by molar-refractivity contribution is 9.10. The third-order valence-electron chi connectivity index (χ3n) is 4.01. The summed E-state index contributed by atoms with van der Waals surface area (Å²) in [5.74, 6) is -0.0203. The van der Waals surface area contributed by atoms with Gasteiger partial charge in [-0.25, -0.2) is 0 Å². The molecule has 1 aliphatic carbocycles. The fraction of sp³-hybridized carbons (Fsp3) is 0.0588. The summed E-state index contributed by atoms with van der Waals surface area (Å²) in [6, 6.07) is 12.9. The van der Waals surface area contributed by atoms with E-state index in [0.717, 1.165) is 15.4 Å². The predicted octanol–water partition coefficient (Wildman–Crippen LogP) is 3.51. The fourth-order valence-corrected chi connectivity index (χ4v) is 3.42. The van der Waals surface area contributed by atoms with Crippen molar-refractivity contribution in [1.29, 1.82) is 0 Å². The van der Waals surface area contributed by atoms with Crippen molar-refractivity contribution in [1.82, 2.24) is 4.57 Å². The molecule has 2 aromatic carbocycles. The molecule has 0 aliphatic heterocycles. The van der Waals surface area contributed by atoms with Crippen molar-refractivity contribution in [3.63, 3.8) is 0 Å². The van der Waals surface area contributed by atoms with E-state index in [1.165, 1.54) is 0 Å². The van der Waals surface area contributed by atoms with E-state index in [2.05, 4.69) is 15.9 Å². The first-order chi connectivity index (χ1) is 10.1. The summed E-state index contributed by atoms with van der Waals surface area (Å²) in [5, 5.41) is 1.31.